The molecule has 0 radical (unpaired) electrons. The van der Waals surface area contributed by atoms with Gasteiger partial charge in [-0.2, -0.15) is 0 Å². The van der Waals surface area contributed by atoms with E-state index in [0.717, 1.165) is 32.8 Å². The molecule has 0 spiro atoms. The number of unbranched alkanes of at least 4 members (excludes halogenated alkanes) is 4. The van der Waals surface area contributed by atoms with E-state index in [-0.39, 0.29) is 27.7 Å². The Morgan fingerprint density at radius 1 is 1.03 bits per heavy atom. The maximum atomic E-state index is 13.0. The lowest BCUT2D eigenvalue weighted by Gasteiger charge is -2.14. The third-order valence-electron chi connectivity index (χ3n) is 4.87. The molecule has 0 saturated carbocycles. The maximum Gasteiger partial charge on any atom is 0.396 e. The summed E-state index contributed by atoms with van der Waals surface area (Å²) >= 11 is 5.28. The van der Waals surface area contributed by atoms with E-state index >= 15 is 0 Å². The highest BCUT2D eigenvalue weighted by molar-refractivity contribution is 7.80. The van der Waals surface area contributed by atoms with Crippen LogP contribution < -0.4 is 21.1 Å². The minimum absolute atomic E-state index is 0.0344. The number of esters is 1. The van der Waals surface area contributed by atoms with E-state index in [9.17, 15) is 19.2 Å². The zero-order chi connectivity index (χ0) is 25.8. The van der Waals surface area contributed by atoms with Crippen molar-refractivity contribution in [3.05, 3.63) is 53.2 Å². The zero-order valence-electron chi connectivity index (χ0n) is 19.6. The quantitative estimate of drug-likeness (QED) is 0.140. The number of pyridine rings is 1. The van der Waals surface area contributed by atoms with Crippen LogP contribution >= 0.6 is 12.2 Å². The van der Waals surface area contributed by atoms with Gasteiger partial charge in [0, 0.05) is 17.3 Å². The van der Waals surface area contributed by atoms with E-state index in [1.165, 1.54) is 30.8 Å². The number of nitrogens with two attached hydrogens (primary N) is 1. The number of ketones is 1. The number of carbonyl (C=O) groups is 4. The molecule has 4 N–H and O–H groups in total. The fourth-order valence-corrected chi connectivity index (χ4v) is 3.33. The van der Waals surface area contributed by atoms with Gasteiger partial charge in [0.25, 0.3) is 0 Å². The van der Waals surface area contributed by atoms with Crippen molar-refractivity contribution < 1.29 is 28.7 Å². The monoisotopic (exact) mass is 500 g/mol. The number of anilines is 1. The molecule has 0 unspecified atom stereocenters. The van der Waals surface area contributed by atoms with Crippen molar-refractivity contribution in [1.82, 2.24) is 10.3 Å². The second kappa shape index (κ2) is 13.8. The second-order valence-electron chi connectivity index (χ2n) is 7.50. The van der Waals surface area contributed by atoms with Crippen LogP contribution in [0.4, 0.5) is 10.6 Å². The van der Waals surface area contributed by atoms with Gasteiger partial charge in [-0.3, -0.25) is 14.9 Å². The molecule has 1 aromatic carbocycles. The third-order valence-corrected chi connectivity index (χ3v) is 5.19. The summed E-state index contributed by atoms with van der Waals surface area (Å²) in [5.41, 5.74) is 6.06. The molecule has 35 heavy (non-hydrogen) atoms. The van der Waals surface area contributed by atoms with Crippen LogP contribution in [-0.2, 0) is 14.3 Å². The van der Waals surface area contributed by atoms with Crippen molar-refractivity contribution in [1.29, 1.82) is 0 Å². The molecule has 0 bridgehead atoms. The van der Waals surface area contributed by atoms with Crippen molar-refractivity contribution in [2.75, 3.05) is 19.0 Å². The Morgan fingerprint density at radius 2 is 1.74 bits per heavy atom. The van der Waals surface area contributed by atoms with E-state index in [1.54, 1.807) is 12.1 Å². The van der Waals surface area contributed by atoms with Gasteiger partial charge in [-0.1, -0.05) is 44.8 Å². The summed E-state index contributed by atoms with van der Waals surface area (Å²) in [4.78, 5) is 51.1. The molecular weight excluding hydrogens is 472 g/mol. The summed E-state index contributed by atoms with van der Waals surface area (Å²) in [5.74, 6) is -1.93. The van der Waals surface area contributed by atoms with Crippen molar-refractivity contribution in [2.45, 2.75) is 39.0 Å². The van der Waals surface area contributed by atoms with E-state index in [2.05, 4.69) is 27.3 Å². The molecule has 2 aromatic rings. The molecule has 186 valence electrons. The van der Waals surface area contributed by atoms with Crippen LogP contribution in [0.5, 0.6) is 5.75 Å². The van der Waals surface area contributed by atoms with Gasteiger partial charge in [0.05, 0.1) is 19.3 Å². The molecule has 0 aliphatic carbocycles. The number of thiocarbonyl (C=S) groups is 1. The number of urea groups is 1. The summed E-state index contributed by atoms with van der Waals surface area (Å²) in [6.45, 7) is 2.61. The van der Waals surface area contributed by atoms with Crippen molar-refractivity contribution in [3.63, 3.8) is 0 Å². The van der Waals surface area contributed by atoms with Crippen molar-refractivity contribution >= 4 is 46.7 Å². The molecule has 10 nitrogen and oxygen atoms in total. The summed E-state index contributed by atoms with van der Waals surface area (Å²) in [6, 6.07) is 6.71. The van der Waals surface area contributed by atoms with Crippen LogP contribution in [0.3, 0.4) is 0 Å². The molecule has 11 heteroatoms. The molecule has 0 fully saturated rings. The van der Waals surface area contributed by atoms with E-state index in [4.69, 9.17) is 22.7 Å². The molecule has 2 rings (SSSR count). The first-order chi connectivity index (χ1) is 16.8. The van der Waals surface area contributed by atoms with Gasteiger partial charge in [-0.05, 0) is 36.8 Å². The Labute approximate surface area is 208 Å². The van der Waals surface area contributed by atoms with Gasteiger partial charge in [0.15, 0.2) is 5.78 Å². The Kier molecular flexibility index (Phi) is 10.8. The number of nitrogens with zero attached hydrogens (tertiary/aromatic N) is 1. The average Bonchev–Trinajstić information content (AvgIpc) is 2.85. The first-order valence-corrected chi connectivity index (χ1v) is 11.4. The number of hydrogen-bond acceptors (Lipinski definition) is 8. The molecule has 0 aliphatic rings. The molecule has 1 aromatic heterocycles. The number of hydrogen-bond donors (Lipinski definition) is 3. The first-order valence-electron chi connectivity index (χ1n) is 11.0. The van der Waals surface area contributed by atoms with Crippen molar-refractivity contribution in [2.24, 2.45) is 5.73 Å². The number of nitrogens with one attached hydrogen (secondary N) is 2. The molecule has 1 heterocycles. The van der Waals surface area contributed by atoms with Crippen LogP contribution in [0, 0.1) is 0 Å². The Balaban J connectivity index is 2.18. The second-order valence-corrected chi connectivity index (χ2v) is 7.91. The summed E-state index contributed by atoms with van der Waals surface area (Å²) in [7, 11) is 1.08. The van der Waals surface area contributed by atoms with E-state index in [0.29, 0.717) is 17.9 Å². The highest BCUT2D eigenvalue weighted by Gasteiger charge is 2.18. The van der Waals surface area contributed by atoms with Gasteiger partial charge in [-0.15, -0.1) is 0 Å². The fourth-order valence-electron chi connectivity index (χ4n) is 3.07. The highest BCUT2D eigenvalue weighted by Crippen LogP contribution is 2.23. The SMILES string of the molecule is CCCCCCCOc1ccc(C(=O)c2ccc(NC(=O)C(=O)OC)nc2)cc1C(=S)NC(N)=O. The minimum atomic E-state index is -1.07. The standard InChI is InChI=1S/C24H28N4O6S/c1-3-4-5-6-7-12-34-18-10-8-15(13-17(18)22(35)28-24(25)32)20(29)16-9-11-19(26-14-16)27-21(30)23(31)33-2/h8-11,13-14H,3-7,12H2,1-2H3,(H,26,27,30)(H3,25,28,32,35). The lowest BCUT2D eigenvalue weighted by molar-refractivity contribution is -0.150. The van der Waals surface area contributed by atoms with Gasteiger partial charge >= 0.3 is 17.9 Å². The maximum absolute atomic E-state index is 13.0. The van der Waals surface area contributed by atoms with Gasteiger partial charge in [0.1, 0.15) is 16.6 Å². The summed E-state index contributed by atoms with van der Waals surface area (Å²) in [5, 5.41) is 4.61. The molecule has 3 amide bonds. The third kappa shape index (κ3) is 8.45. The van der Waals surface area contributed by atoms with E-state index < -0.39 is 17.9 Å². The van der Waals surface area contributed by atoms with E-state index in [1.807, 2.05) is 0 Å². The number of aromatic nitrogens is 1. The van der Waals surface area contributed by atoms with Crippen LogP contribution in [0.15, 0.2) is 36.5 Å². The lowest BCUT2D eigenvalue weighted by atomic mass is 10.0. The summed E-state index contributed by atoms with van der Waals surface area (Å²) < 4.78 is 10.2. The largest absolute Gasteiger partial charge is 0.493 e. The zero-order valence-corrected chi connectivity index (χ0v) is 20.4. The van der Waals surface area contributed by atoms with Crippen LogP contribution in [0.2, 0.25) is 0 Å². The van der Waals surface area contributed by atoms with Gasteiger partial charge in [0.2, 0.25) is 0 Å². The number of methoxy groups -OCH3 is 1. The Hall–Kier alpha value is -3.86. The predicted octanol–water partition coefficient (Wildman–Crippen LogP) is 3.12. The molecular formula is C24H28N4O6S. The minimum Gasteiger partial charge on any atom is -0.493 e. The lowest BCUT2D eigenvalue weighted by Crippen LogP contribution is -2.34. The fraction of sp³-hybridized carbons (Fsp3) is 0.333. The molecule has 0 saturated heterocycles. The number of rotatable bonds is 11. The number of carbonyl (C=O) groups excluding carboxylic acids is 4. The predicted molar refractivity (Wildman–Crippen MR) is 133 cm³/mol. The van der Waals surface area contributed by atoms with Gasteiger partial charge < -0.3 is 20.5 Å². The van der Waals surface area contributed by atoms with Crippen LogP contribution in [0.1, 0.15) is 60.5 Å². The molecule has 0 aliphatic heterocycles. The highest BCUT2D eigenvalue weighted by atomic mass is 32.1. The number of primary amides is 1. The topological polar surface area (TPSA) is 150 Å². The number of benzene rings is 1. The number of ether oxygens (including phenoxy) is 2. The molecule has 0 atom stereocenters. The Morgan fingerprint density at radius 3 is 2.37 bits per heavy atom. The van der Waals surface area contributed by atoms with Crippen molar-refractivity contribution in [3.8, 4) is 5.75 Å². The average molecular weight is 501 g/mol. The van der Waals surface area contributed by atoms with Crippen LogP contribution in [-0.4, -0.2) is 47.4 Å². The summed E-state index contributed by atoms with van der Waals surface area (Å²) in [6.07, 6.45) is 6.60. The number of amides is 3. The smallest absolute Gasteiger partial charge is 0.396 e. The normalized spacial score (nSPS) is 10.2. The van der Waals surface area contributed by atoms with Crippen LogP contribution in [0.25, 0.3) is 0 Å². The first kappa shape index (κ1) is 27.4. The Bertz CT molecular complexity index is 1090. The van der Waals surface area contributed by atoms with Gasteiger partial charge in [-0.25, -0.2) is 14.6 Å².